The normalized spacial score (nSPS) is 35.2. The Morgan fingerprint density at radius 3 is 2.45 bits per heavy atom. The largest absolute Gasteiger partial charge is 0.459 e. The Morgan fingerprint density at radius 2 is 1.85 bits per heavy atom. The predicted molar refractivity (Wildman–Crippen MR) is 128 cm³/mol. The molecular weight excluding hydrogens is 420 g/mol. The fraction of sp³-hybridized carbons (Fsp3) is 0.704. The molecule has 2 aliphatic rings. The highest BCUT2D eigenvalue weighted by molar-refractivity contribution is 5.83. The van der Waals surface area contributed by atoms with Gasteiger partial charge in [0.25, 0.3) is 0 Å². The Kier molecular flexibility index (Phi) is 9.92. The second-order valence-corrected chi connectivity index (χ2v) is 10.0. The van der Waals surface area contributed by atoms with Crippen LogP contribution in [0.3, 0.4) is 0 Å². The summed E-state index contributed by atoms with van der Waals surface area (Å²) >= 11 is 0. The summed E-state index contributed by atoms with van der Waals surface area (Å²) in [5.41, 5.74) is 0.585. The summed E-state index contributed by atoms with van der Waals surface area (Å²) in [6.07, 6.45) is 8.08. The number of allylic oxidation sites excluding steroid dienone is 1. The number of fused-ring (bicyclic) bond motifs is 1. The second kappa shape index (κ2) is 12.0. The quantitative estimate of drug-likeness (QED) is 0.298. The van der Waals surface area contributed by atoms with Gasteiger partial charge in [-0.05, 0) is 62.4 Å². The average Bonchev–Trinajstić information content (AvgIpc) is 2.76. The molecule has 2 saturated carbocycles. The van der Waals surface area contributed by atoms with Crippen molar-refractivity contribution in [3.8, 4) is 0 Å². The summed E-state index contributed by atoms with van der Waals surface area (Å²) in [7, 11) is 0. The van der Waals surface area contributed by atoms with Gasteiger partial charge in [-0.15, -0.1) is 0 Å². The van der Waals surface area contributed by atoms with Crippen molar-refractivity contribution in [2.75, 3.05) is 0 Å². The van der Waals surface area contributed by atoms with E-state index < -0.39 is 30.3 Å². The molecule has 6 heteroatoms. The Labute approximate surface area is 198 Å². The zero-order chi connectivity index (χ0) is 24.8. The highest BCUT2D eigenvalue weighted by atomic mass is 16.5. The van der Waals surface area contributed by atoms with Gasteiger partial charge in [-0.2, -0.15) is 0 Å². The van der Waals surface area contributed by atoms with Crippen molar-refractivity contribution in [1.29, 1.82) is 0 Å². The van der Waals surface area contributed by atoms with Crippen LogP contribution in [0.15, 0.2) is 36.5 Å². The number of hydrogen-bond donors (Lipinski definition) is 2. The Balaban J connectivity index is 2.01. The molecule has 6 nitrogen and oxygen atoms in total. The molecule has 0 saturated heterocycles. The summed E-state index contributed by atoms with van der Waals surface area (Å²) in [6, 6.07) is 0. The minimum atomic E-state index is -0.809. The smallest absolute Gasteiger partial charge is 0.331 e. The maximum Gasteiger partial charge on any atom is 0.331 e. The number of esters is 2. The summed E-state index contributed by atoms with van der Waals surface area (Å²) in [5.74, 6) is -1.09. The van der Waals surface area contributed by atoms with Crippen LogP contribution >= 0.6 is 0 Å². The van der Waals surface area contributed by atoms with Crippen molar-refractivity contribution in [2.24, 2.45) is 23.2 Å². The highest BCUT2D eigenvalue weighted by Gasteiger charge is 2.56. The molecule has 0 aromatic carbocycles. The summed E-state index contributed by atoms with van der Waals surface area (Å²) in [5, 5.41) is 21.4. The van der Waals surface area contributed by atoms with Gasteiger partial charge in [0.2, 0.25) is 0 Å². The minimum absolute atomic E-state index is 0.0149. The number of hydrogen-bond acceptors (Lipinski definition) is 6. The van der Waals surface area contributed by atoms with Crippen LogP contribution in [-0.4, -0.2) is 46.6 Å². The zero-order valence-electron chi connectivity index (χ0n) is 20.8. The molecule has 0 spiro atoms. The molecule has 0 aromatic rings. The lowest BCUT2D eigenvalue weighted by Gasteiger charge is -2.57. The third-order valence-corrected chi connectivity index (χ3v) is 7.77. The lowest BCUT2D eigenvalue weighted by molar-refractivity contribution is -0.185. The van der Waals surface area contributed by atoms with Crippen LogP contribution in [0.1, 0.15) is 73.1 Å². The van der Waals surface area contributed by atoms with E-state index in [1.807, 2.05) is 20.8 Å². The van der Waals surface area contributed by atoms with Crippen LogP contribution in [0.4, 0.5) is 0 Å². The first-order valence-electron chi connectivity index (χ1n) is 12.3. The predicted octanol–water partition coefficient (Wildman–Crippen LogP) is 4.50. The van der Waals surface area contributed by atoms with Gasteiger partial charge in [-0.25, -0.2) is 9.59 Å². The first-order valence-corrected chi connectivity index (χ1v) is 12.3. The topological polar surface area (TPSA) is 93.1 Å². The number of carbonyl (C=O) groups is 2. The maximum absolute atomic E-state index is 12.6. The SMILES string of the molecule is C=C(C)C1CC2(C)C(C)C(OC(=O)C=CC(CC)OC(=O)C=CCCC)CCC2C(O)C1O. The molecule has 2 fully saturated rings. The number of carbonyl (C=O) groups excluding carboxylic acids is 2. The molecule has 2 N–H and O–H groups in total. The fourth-order valence-electron chi connectivity index (χ4n) is 5.45. The molecule has 186 valence electrons. The molecule has 8 atom stereocenters. The Hall–Kier alpha value is -1.92. The van der Waals surface area contributed by atoms with Crippen LogP contribution in [0.2, 0.25) is 0 Å². The van der Waals surface area contributed by atoms with E-state index in [4.69, 9.17) is 9.47 Å². The third kappa shape index (κ3) is 6.57. The number of aliphatic hydroxyl groups is 2. The van der Waals surface area contributed by atoms with Crippen molar-refractivity contribution in [1.82, 2.24) is 0 Å². The van der Waals surface area contributed by atoms with Crippen LogP contribution in [0.25, 0.3) is 0 Å². The molecule has 8 unspecified atom stereocenters. The molecule has 0 aromatic heterocycles. The van der Waals surface area contributed by atoms with E-state index >= 15 is 0 Å². The maximum atomic E-state index is 12.6. The molecule has 2 aliphatic carbocycles. The first kappa shape index (κ1) is 27.3. The van der Waals surface area contributed by atoms with E-state index in [1.54, 1.807) is 12.2 Å². The van der Waals surface area contributed by atoms with Crippen LogP contribution in [0.5, 0.6) is 0 Å². The lowest BCUT2D eigenvalue weighted by Crippen LogP contribution is -2.59. The first-order chi connectivity index (χ1) is 15.5. The summed E-state index contributed by atoms with van der Waals surface area (Å²) in [6.45, 7) is 14.0. The van der Waals surface area contributed by atoms with E-state index in [1.165, 1.54) is 12.2 Å². The van der Waals surface area contributed by atoms with Crippen molar-refractivity contribution in [3.05, 3.63) is 36.5 Å². The van der Waals surface area contributed by atoms with Crippen LogP contribution < -0.4 is 0 Å². The summed E-state index contributed by atoms with van der Waals surface area (Å²) < 4.78 is 11.2. The van der Waals surface area contributed by atoms with Gasteiger partial charge in [0.05, 0.1) is 12.2 Å². The summed E-state index contributed by atoms with van der Waals surface area (Å²) in [4.78, 5) is 24.4. The van der Waals surface area contributed by atoms with E-state index in [0.29, 0.717) is 25.7 Å². The van der Waals surface area contributed by atoms with E-state index in [0.717, 1.165) is 18.4 Å². The monoisotopic (exact) mass is 462 g/mol. The van der Waals surface area contributed by atoms with Crippen molar-refractivity contribution < 1.29 is 29.3 Å². The van der Waals surface area contributed by atoms with Crippen molar-refractivity contribution >= 4 is 11.9 Å². The van der Waals surface area contributed by atoms with Gasteiger partial charge in [0.15, 0.2) is 0 Å². The van der Waals surface area contributed by atoms with Gasteiger partial charge >= 0.3 is 11.9 Å². The molecule has 0 radical (unpaired) electrons. The van der Waals surface area contributed by atoms with Crippen molar-refractivity contribution in [2.45, 2.75) is 97.6 Å². The van der Waals surface area contributed by atoms with E-state index in [2.05, 4.69) is 20.4 Å². The highest BCUT2D eigenvalue weighted by Crippen LogP contribution is 2.56. The van der Waals surface area contributed by atoms with Gasteiger partial charge < -0.3 is 19.7 Å². The van der Waals surface area contributed by atoms with Gasteiger partial charge in [0, 0.05) is 18.1 Å². The molecule has 2 rings (SSSR count). The number of unbranched alkanes of at least 4 members (excludes halogenated alkanes) is 1. The number of ether oxygens (including phenoxy) is 2. The van der Waals surface area contributed by atoms with Crippen molar-refractivity contribution in [3.63, 3.8) is 0 Å². The second-order valence-electron chi connectivity index (χ2n) is 10.0. The minimum Gasteiger partial charge on any atom is -0.459 e. The molecule has 0 bridgehead atoms. The fourth-order valence-corrected chi connectivity index (χ4v) is 5.45. The molecule has 0 heterocycles. The molecule has 0 amide bonds. The number of rotatable bonds is 9. The Morgan fingerprint density at radius 1 is 1.15 bits per heavy atom. The molecular formula is C27H42O6. The van der Waals surface area contributed by atoms with E-state index in [-0.39, 0.29) is 29.3 Å². The van der Waals surface area contributed by atoms with Crippen LogP contribution in [0, 0.1) is 23.2 Å². The van der Waals surface area contributed by atoms with Gasteiger partial charge in [-0.1, -0.05) is 52.3 Å². The molecule has 0 aliphatic heterocycles. The molecule has 33 heavy (non-hydrogen) atoms. The number of aliphatic hydroxyl groups excluding tert-OH is 2. The van der Waals surface area contributed by atoms with Gasteiger partial charge in [-0.3, -0.25) is 0 Å². The van der Waals surface area contributed by atoms with E-state index in [9.17, 15) is 19.8 Å². The standard InChI is InChI=1S/C27H42O6/c1-7-9-10-11-23(28)32-19(8-2)12-15-24(29)33-22-14-13-21-26(31)25(30)20(17(3)4)16-27(21,6)18(22)5/h10-12,15,18-22,25-26,30-31H,3,7-9,13-14,16H2,1-2,4-6H3. The van der Waals surface area contributed by atoms with Crippen LogP contribution in [-0.2, 0) is 19.1 Å². The third-order valence-electron chi connectivity index (χ3n) is 7.77. The lowest BCUT2D eigenvalue weighted by atomic mass is 9.51. The van der Waals surface area contributed by atoms with Gasteiger partial charge in [0.1, 0.15) is 12.2 Å². The zero-order valence-corrected chi connectivity index (χ0v) is 20.8. The average molecular weight is 463 g/mol. The Bertz CT molecular complexity index is 756.